The Morgan fingerprint density at radius 1 is 1.19 bits per heavy atom. The molecule has 4 rings (SSSR count). The number of fused-ring (bicyclic) bond motifs is 1. The molecule has 2 nitrogen and oxygen atoms in total. The number of imidazole rings is 1. The average Bonchev–Trinajstić information content (AvgIpc) is 3.22. The van der Waals surface area contributed by atoms with Gasteiger partial charge in [-0.15, -0.1) is 11.6 Å². The maximum atomic E-state index is 6.12. The van der Waals surface area contributed by atoms with Gasteiger partial charge in [-0.1, -0.05) is 30.3 Å². The highest BCUT2D eigenvalue weighted by atomic mass is 127. The molecule has 0 amide bonds. The van der Waals surface area contributed by atoms with Crippen molar-refractivity contribution in [1.29, 1.82) is 0 Å². The molecule has 106 valence electrons. The summed E-state index contributed by atoms with van der Waals surface area (Å²) in [5.41, 5.74) is 3.67. The Morgan fingerprint density at radius 2 is 2.00 bits per heavy atom. The van der Waals surface area contributed by atoms with Crippen molar-refractivity contribution in [2.75, 3.05) is 0 Å². The van der Waals surface area contributed by atoms with Gasteiger partial charge >= 0.3 is 0 Å². The third kappa shape index (κ3) is 2.36. The lowest BCUT2D eigenvalue weighted by atomic mass is 10.1. The molecule has 2 atom stereocenters. The fourth-order valence-corrected chi connectivity index (χ4v) is 3.77. The van der Waals surface area contributed by atoms with E-state index in [0.717, 1.165) is 11.3 Å². The van der Waals surface area contributed by atoms with E-state index in [4.69, 9.17) is 16.6 Å². The van der Waals surface area contributed by atoms with Crippen LogP contribution in [-0.4, -0.2) is 9.55 Å². The molecule has 1 heterocycles. The Morgan fingerprint density at radius 3 is 2.76 bits per heavy atom. The number of aromatic nitrogens is 2. The van der Waals surface area contributed by atoms with Crippen LogP contribution < -0.4 is 0 Å². The summed E-state index contributed by atoms with van der Waals surface area (Å²) in [7, 11) is 0. The minimum absolute atomic E-state index is 0.462. The molecule has 2 aromatic carbocycles. The molecule has 21 heavy (non-hydrogen) atoms. The molecule has 0 bridgehead atoms. The summed E-state index contributed by atoms with van der Waals surface area (Å²) in [5.74, 6) is 2.03. The molecule has 1 aliphatic carbocycles. The Hall–Kier alpha value is -1.07. The fraction of sp³-hybridized carbons (Fsp3) is 0.235. The van der Waals surface area contributed by atoms with Gasteiger partial charge in [0.15, 0.2) is 0 Å². The second-order valence-electron chi connectivity index (χ2n) is 5.48. The molecule has 0 radical (unpaired) electrons. The van der Waals surface area contributed by atoms with Crippen LogP contribution in [0.15, 0.2) is 48.5 Å². The van der Waals surface area contributed by atoms with Gasteiger partial charge in [0.1, 0.15) is 5.82 Å². The largest absolute Gasteiger partial charge is 0.323 e. The predicted molar refractivity (Wildman–Crippen MR) is 94.8 cm³/mol. The molecule has 3 aromatic rings. The van der Waals surface area contributed by atoms with Crippen LogP contribution in [0.2, 0.25) is 0 Å². The van der Waals surface area contributed by atoms with E-state index in [1.807, 2.05) is 0 Å². The van der Waals surface area contributed by atoms with Crippen LogP contribution in [0.4, 0.5) is 0 Å². The third-order valence-corrected chi connectivity index (χ3v) is 5.07. The van der Waals surface area contributed by atoms with Gasteiger partial charge in [0.25, 0.3) is 0 Å². The second kappa shape index (κ2) is 5.29. The second-order valence-corrected chi connectivity index (χ2v) is 7.00. The quantitative estimate of drug-likeness (QED) is 0.435. The first kappa shape index (κ1) is 13.6. The van der Waals surface area contributed by atoms with E-state index >= 15 is 0 Å². The van der Waals surface area contributed by atoms with Crippen molar-refractivity contribution in [3.8, 4) is 0 Å². The minimum Gasteiger partial charge on any atom is -0.323 e. The van der Waals surface area contributed by atoms with Crippen molar-refractivity contribution in [3.05, 3.63) is 63.5 Å². The molecule has 0 N–H and O–H groups in total. The Labute approximate surface area is 142 Å². The molecule has 1 saturated carbocycles. The number of hydrogen-bond donors (Lipinski definition) is 0. The third-order valence-electron chi connectivity index (χ3n) is 4.16. The molecular weight excluding hydrogens is 395 g/mol. The topological polar surface area (TPSA) is 17.8 Å². The molecule has 0 saturated heterocycles. The summed E-state index contributed by atoms with van der Waals surface area (Å²) < 4.78 is 3.55. The normalized spacial score (nSPS) is 20.9. The standard InChI is InChI=1S/C17H14ClIN2/c18-10-17-20-14-8-12(19)6-7-15(14)21(17)16-9-13(16)11-4-2-1-3-5-11/h1-8,13,16H,9-10H2. The Kier molecular flexibility index (Phi) is 3.42. The maximum absolute atomic E-state index is 6.12. The number of halogens is 2. The van der Waals surface area contributed by atoms with E-state index in [1.54, 1.807) is 0 Å². The molecule has 4 heteroatoms. The molecule has 0 spiro atoms. The highest BCUT2D eigenvalue weighted by Gasteiger charge is 2.41. The van der Waals surface area contributed by atoms with Crippen molar-refractivity contribution < 1.29 is 0 Å². The van der Waals surface area contributed by atoms with Gasteiger partial charge in [0, 0.05) is 15.5 Å². The van der Waals surface area contributed by atoms with Gasteiger partial charge in [-0.05, 0) is 52.8 Å². The van der Waals surface area contributed by atoms with Gasteiger partial charge in [-0.2, -0.15) is 0 Å². The lowest BCUT2D eigenvalue weighted by Crippen LogP contribution is -2.01. The van der Waals surface area contributed by atoms with Crippen molar-refractivity contribution in [2.24, 2.45) is 0 Å². The fourth-order valence-electron chi connectivity index (χ4n) is 3.11. The number of rotatable bonds is 3. The van der Waals surface area contributed by atoms with Crippen molar-refractivity contribution in [2.45, 2.75) is 24.3 Å². The predicted octanol–water partition coefficient (Wildman–Crippen LogP) is 5.11. The number of nitrogens with zero attached hydrogens (tertiary/aromatic N) is 2. The summed E-state index contributed by atoms with van der Waals surface area (Å²) in [6, 6.07) is 17.6. The summed E-state index contributed by atoms with van der Waals surface area (Å²) >= 11 is 8.45. The van der Waals surface area contributed by atoms with E-state index in [-0.39, 0.29) is 0 Å². The molecule has 0 aliphatic heterocycles. The van der Waals surface area contributed by atoms with Gasteiger partial charge in [-0.3, -0.25) is 0 Å². The van der Waals surface area contributed by atoms with Gasteiger partial charge < -0.3 is 4.57 Å². The van der Waals surface area contributed by atoms with Gasteiger partial charge in [0.05, 0.1) is 16.9 Å². The van der Waals surface area contributed by atoms with Crippen molar-refractivity contribution in [3.63, 3.8) is 0 Å². The van der Waals surface area contributed by atoms with Crippen LogP contribution in [0.25, 0.3) is 11.0 Å². The average molecular weight is 409 g/mol. The summed E-state index contributed by atoms with van der Waals surface area (Å²) in [6.07, 6.45) is 1.17. The lowest BCUT2D eigenvalue weighted by molar-refractivity contribution is 0.706. The van der Waals surface area contributed by atoms with Crippen LogP contribution in [0.1, 0.15) is 29.8 Å². The summed E-state index contributed by atoms with van der Waals surface area (Å²) in [6.45, 7) is 0. The number of benzene rings is 2. The minimum atomic E-state index is 0.462. The van der Waals surface area contributed by atoms with Crippen LogP contribution >= 0.6 is 34.2 Å². The zero-order valence-electron chi connectivity index (χ0n) is 11.3. The first-order valence-corrected chi connectivity index (χ1v) is 8.66. The smallest absolute Gasteiger partial charge is 0.125 e. The maximum Gasteiger partial charge on any atom is 0.125 e. The van der Waals surface area contributed by atoms with Crippen LogP contribution in [0.5, 0.6) is 0 Å². The van der Waals surface area contributed by atoms with E-state index in [9.17, 15) is 0 Å². The highest BCUT2D eigenvalue weighted by molar-refractivity contribution is 14.1. The number of hydrogen-bond acceptors (Lipinski definition) is 1. The van der Waals surface area contributed by atoms with Gasteiger partial charge in [-0.25, -0.2) is 4.98 Å². The zero-order chi connectivity index (χ0) is 14.4. The van der Waals surface area contributed by atoms with Crippen LogP contribution in [0.3, 0.4) is 0 Å². The Balaban J connectivity index is 1.77. The monoisotopic (exact) mass is 408 g/mol. The lowest BCUT2D eigenvalue weighted by Gasteiger charge is -2.07. The van der Waals surface area contributed by atoms with Crippen molar-refractivity contribution in [1.82, 2.24) is 9.55 Å². The molecular formula is C17H14ClIN2. The molecule has 1 aromatic heterocycles. The van der Waals surface area contributed by atoms with E-state index in [2.05, 4.69) is 75.7 Å². The summed E-state index contributed by atoms with van der Waals surface area (Å²) in [4.78, 5) is 4.71. The zero-order valence-corrected chi connectivity index (χ0v) is 14.3. The first-order valence-electron chi connectivity index (χ1n) is 7.05. The highest BCUT2D eigenvalue weighted by Crippen LogP contribution is 2.52. The summed E-state index contributed by atoms with van der Waals surface area (Å²) in [5, 5.41) is 0. The van der Waals surface area contributed by atoms with Gasteiger partial charge in [0.2, 0.25) is 0 Å². The molecule has 1 aliphatic rings. The van der Waals surface area contributed by atoms with Crippen molar-refractivity contribution >= 4 is 45.2 Å². The molecule has 2 unspecified atom stereocenters. The van der Waals surface area contributed by atoms with Crippen LogP contribution in [-0.2, 0) is 5.88 Å². The van der Waals surface area contributed by atoms with E-state index in [0.29, 0.717) is 17.8 Å². The Bertz CT molecular complexity index is 797. The van der Waals surface area contributed by atoms with Crippen LogP contribution in [0, 0.1) is 3.57 Å². The number of alkyl halides is 1. The van der Waals surface area contributed by atoms with E-state index < -0.39 is 0 Å². The molecule has 1 fully saturated rings. The first-order chi connectivity index (χ1) is 10.3. The van der Waals surface area contributed by atoms with E-state index in [1.165, 1.54) is 21.1 Å². The SMILES string of the molecule is ClCc1nc2cc(I)ccc2n1C1CC1c1ccccc1.